The van der Waals surface area contributed by atoms with Crippen LogP contribution in [0.3, 0.4) is 0 Å². The minimum atomic E-state index is -0.338. The van der Waals surface area contributed by atoms with Crippen molar-refractivity contribution >= 4 is 40.4 Å². The van der Waals surface area contributed by atoms with Gasteiger partial charge in [-0.2, -0.15) is 0 Å². The van der Waals surface area contributed by atoms with Crippen molar-refractivity contribution in [1.82, 2.24) is 4.98 Å². The molecule has 130 valence electrons. The minimum Gasteiger partial charge on any atom is -0.354 e. The summed E-state index contributed by atoms with van der Waals surface area (Å²) in [5.74, 6) is -0.317. The number of Topliss-reactive ketones (excluding diaryl/α,β-unsaturated/α-hetero) is 1. The number of rotatable bonds is 5. The van der Waals surface area contributed by atoms with Crippen molar-refractivity contribution in [2.45, 2.75) is 6.92 Å². The second kappa shape index (κ2) is 7.80. The highest BCUT2D eigenvalue weighted by Crippen LogP contribution is 2.21. The van der Waals surface area contributed by atoms with Gasteiger partial charge in [0.15, 0.2) is 5.78 Å². The molecule has 0 bridgehead atoms. The molecule has 1 heterocycles. The zero-order chi connectivity index (χ0) is 18.5. The molecule has 2 aromatic carbocycles. The second-order valence-corrected chi connectivity index (χ2v) is 6.03. The number of hydrogen-bond donors (Lipinski definition) is 2. The maximum atomic E-state index is 12.3. The Kier molecular flexibility index (Phi) is 5.29. The normalized spacial score (nSPS) is 10.2. The number of hydrogen-bond acceptors (Lipinski definition) is 4. The summed E-state index contributed by atoms with van der Waals surface area (Å²) < 4.78 is 0. The number of anilines is 3. The van der Waals surface area contributed by atoms with Crippen LogP contribution in [0.5, 0.6) is 0 Å². The fourth-order valence-electron chi connectivity index (χ4n) is 2.31. The lowest BCUT2D eigenvalue weighted by atomic mass is 10.1. The molecule has 0 aliphatic carbocycles. The lowest BCUT2D eigenvalue weighted by molar-refractivity contribution is 0.101. The van der Waals surface area contributed by atoms with Crippen LogP contribution in [0.15, 0.2) is 66.9 Å². The molecule has 0 spiro atoms. The van der Waals surface area contributed by atoms with Crippen molar-refractivity contribution in [2.75, 3.05) is 10.6 Å². The van der Waals surface area contributed by atoms with E-state index in [0.29, 0.717) is 16.3 Å². The molecule has 2 N–H and O–H groups in total. The lowest BCUT2D eigenvalue weighted by Crippen LogP contribution is -2.13. The van der Waals surface area contributed by atoms with E-state index in [1.807, 2.05) is 12.1 Å². The minimum absolute atomic E-state index is 0.0205. The average molecular weight is 366 g/mol. The monoisotopic (exact) mass is 365 g/mol. The maximum Gasteiger partial charge on any atom is 0.274 e. The Bertz CT molecular complexity index is 938. The summed E-state index contributed by atoms with van der Waals surface area (Å²) in [5, 5.41) is 6.36. The maximum absolute atomic E-state index is 12.3. The van der Waals surface area contributed by atoms with Gasteiger partial charge in [0.2, 0.25) is 0 Å². The summed E-state index contributed by atoms with van der Waals surface area (Å²) in [6.45, 7) is 1.53. The molecular formula is C20H16ClN3O2. The first-order valence-corrected chi connectivity index (χ1v) is 8.31. The fraction of sp³-hybridized carbons (Fsp3) is 0.0500. The second-order valence-electron chi connectivity index (χ2n) is 5.62. The van der Waals surface area contributed by atoms with Crippen LogP contribution >= 0.6 is 11.6 Å². The third-order valence-corrected chi connectivity index (χ3v) is 4.03. The summed E-state index contributed by atoms with van der Waals surface area (Å²) >= 11 is 6.04. The topological polar surface area (TPSA) is 71.1 Å². The van der Waals surface area contributed by atoms with Crippen molar-refractivity contribution < 1.29 is 9.59 Å². The molecule has 6 heteroatoms. The van der Waals surface area contributed by atoms with Crippen molar-refractivity contribution in [3.05, 3.63) is 83.1 Å². The first-order chi connectivity index (χ1) is 12.5. The van der Waals surface area contributed by atoms with Crippen LogP contribution in [0, 0.1) is 0 Å². The standard InChI is InChI=1S/C20H16ClN3O2/c1-13(25)14-6-8-15(9-7-14)23-16-10-11-19(22-12-16)20(26)24-18-5-3-2-4-17(18)21/h2-12,23H,1H3,(H,24,26). The quantitative estimate of drug-likeness (QED) is 0.628. The van der Waals surface area contributed by atoms with Crippen molar-refractivity contribution in [2.24, 2.45) is 0 Å². The van der Waals surface area contributed by atoms with E-state index >= 15 is 0 Å². The molecule has 0 aliphatic rings. The summed E-state index contributed by atoms with van der Waals surface area (Å²) in [5.41, 5.74) is 3.02. The summed E-state index contributed by atoms with van der Waals surface area (Å²) in [6, 6.07) is 17.5. The smallest absolute Gasteiger partial charge is 0.274 e. The Balaban J connectivity index is 1.67. The first kappa shape index (κ1) is 17.6. The van der Waals surface area contributed by atoms with E-state index in [1.54, 1.807) is 54.7 Å². The summed E-state index contributed by atoms with van der Waals surface area (Å²) in [4.78, 5) is 27.7. The Morgan fingerprint density at radius 3 is 2.23 bits per heavy atom. The SMILES string of the molecule is CC(=O)c1ccc(Nc2ccc(C(=O)Nc3ccccc3Cl)nc2)cc1. The van der Waals surface area contributed by atoms with Crippen LogP contribution in [0.4, 0.5) is 17.1 Å². The largest absolute Gasteiger partial charge is 0.354 e. The number of para-hydroxylation sites is 1. The molecule has 3 aromatic rings. The van der Waals surface area contributed by atoms with Crippen molar-refractivity contribution in [1.29, 1.82) is 0 Å². The summed E-state index contributed by atoms with van der Waals surface area (Å²) in [7, 11) is 0. The van der Waals surface area contributed by atoms with Crippen LogP contribution in [-0.2, 0) is 0 Å². The highest BCUT2D eigenvalue weighted by Gasteiger charge is 2.09. The van der Waals surface area contributed by atoms with Gasteiger partial charge in [-0.15, -0.1) is 0 Å². The third kappa shape index (κ3) is 4.26. The van der Waals surface area contributed by atoms with Gasteiger partial charge in [0, 0.05) is 11.3 Å². The number of aromatic nitrogens is 1. The Morgan fingerprint density at radius 1 is 0.923 bits per heavy atom. The molecule has 0 aliphatic heterocycles. The Morgan fingerprint density at radius 2 is 1.62 bits per heavy atom. The zero-order valence-corrected chi connectivity index (χ0v) is 14.7. The molecule has 1 aromatic heterocycles. The third-order valence-electron chi connectivity index (χ3n) is 3.70. The molecule has 5 nitrogen and oxygen atoms in total. The molecular weight excluding hydrogens is 350 g/mol. The van der Waals surface area contributed by atoms with E-state index in [9.17, 15) is 9.59 Å². The summed E-state index contributed by atoms with van der Waals surface area (Å²) in [6.07, 6.45) is 1.57. The Labute approximate surface area is 156 Å². The fourth-order valence-corrected chi connectivity index (χ4v) is 2.49. The van der Waals surface area contributed by atoms with Crippen molar-refractivity contribution in [3.8, 4) is 0 Å². The van der Waals surface area contributed by atoms with Crippen LogP contribution in [0.1, 0.15) is 27.8 Å². The highest BCUT2D eigenvalue weighted by molar-refractivity contribution is 6.33. The van der Waals surface area contributed by atoms with E-state index < -0.39 is 0 Å². The number of pyridine rings is 1. The molecule has 0 unspecified atom stereocenters. The van der Waals surface area contributed by atoms with Gasteiger partial charge in [-0.1, -0.05) is 23.7 Å². The van der Waals surface area contributed by atoms with Crippen LogP contribution in [0.25, 0.3) is 0 Å². The molecule has 0 fully saturated rings. The van der Waals surface area contributed by atoms with Gasteiger partial charge in [0.05, 0.1) is 22.6 Å². The number of nitrogens with one attached hydrogen (secondary N) is 2. The zero-order valence-electron chi connectivity index (χ0n) is 14.0. The molecule has 0 saturated heterocycles. The highest BCUT2D eigenvalue weighted by atomic mass is 35.5. The van der Waals surface area contributed by atoms with Gasteiger partial charge < -0.3 is 10.6 Å². The van der Waals surface area contributed by atoms with Gasteiger partial charge in [0.1, 0.15) is 5.69 Å². The van der Waals surface area contributed by atoms with Gasteiger partial charge in [-0.05, 0) is 55.5 Å². The predicted octanol–water partition coefficient (Wildman–Crippen LogP) is 4.93. The number of nitrogens with zero attached hydrogens (tertiary/aromatic N) is 1. The molecule has 3 rings (SSSR count). The van der Waals surface area contributed by atoms with Crippen LogP contribution in [0.2, 0.25) is 5.02 Å². The molecule has 0 radical (unpaired) electrons. The van der Waals surface area contributed by atoms with E-state index in [1.165, 1.54) is 6.92 Å². The lowest BCUT2D eigenvalue weighted by Gasteiger charge is -2.09. The number of benzene rings is 2. The number of carbonyl (C=O) groups is 2. The Hall–Kier alpha value is -3.18. The van der Waals surface area contributed by atoms with Gasteiger partial charge in [-0.25, -0.2) is 4.98 Å². The van der Waals surface area contributed by atoms with E-state index in [-0.39, 0.29) is 17.4 Å². The predicted molar refractivity (Wildman–Crippen MR) is 103 cm³/mol. The number of ketones is 1. The van der Waals surface area contributed by atoms with Crippen LogP contribution < -0.4 is 10.6 Å². The van der Waals surface area contributed by atoms with E-state index in [4.69, 9.17) is 11.6 Å². The van der Waals surface area contributed by atoms with E-state index in [0.717, 1.165) is 11.4 Å². The number of amides is 1. The first-order valence-electron chi connectivity index (χ1n) is 7.93. The van der Waals surface area contributed by atoms with Gasteiger partial charge >= 0.3 is 0 Å². The molecule has 26 heavy (non-hydrogen) atoms. The average Bonchev–Trinajstić information content (AvgIpc) is 2.64. The number of halogens is 1. The molecule has 0 atom stereocenters. The molecule has 1 amide bonds. The van der Waals surface area contributed by atoms with Crippen molar-refractivity contribution in [3.63, 3.8) is 0 Å². The number of carbonyl (C=O) groups excluding carboxylic acids is 2. The molecule has 0 saturated carbocycles. The van der Waals surface area contributed by atoms with Gasteiger partial charge in [0.25, 0.3) is 5.91 Å². The van der Waals surface area contributed by atoms with Gasteiger partial charge in [-0.3, -0.25) is 9.59 Å². The van der Waals surface area contributed by atoms with E-state index in [2.05, 4.69) is 15.6 Å². The van der Waals surface area contributed by atoms with Crippen LogP contribution in [-0.4, -0.2) is 16.7 Å².